The van der Waals surface area contributed by atoms with Crippen molar-refractivity contribution in [2.24, 2.45) is 0 Å². The Kier molecular flexibility index (Phi) is 4.60. The molecule has 0 unspecified atom stereocenters. The van der Waals surface area contributed by atoms with Gasteiger partial charge >= 0.3 is 5.97 Å². The molecule has 25 heavy (non-hydrogen) atoms. The van der Waals surface area contributed by atoms with Crippen LogP contribution in [0.15, 0.2) is 33.3 Å². The maximum atomic E-state index is 13.7. The largest absolute Gasteiger partial charge is 0.459 e. The quantitative estimate of drug-likeness (QED) is 0.657. The number of nitrogens with zero attached hydrogens (tertiary/aromatic N) is 2. The number of ether oxygens (including phenoxy) is 1. The van der Waals surface area contributed by atoms with Crippen molar-refractivity contribution in [2.45, 2.75) is 26.9 Å². The third-order valence-corrected chi connectivity index (χ3v) is 3.64. The maximum absolute atomic E-state index is 13.7. The van der Waals surface area contributed by atoms with E-state index in [0.29, 0.717) is 22.7 Å². The van der Waals surface area contributed by atoms with Crippen molar-refractivity contribution in [1.29, 1.82) is 0 Å². The lowest BCUT2D eigenvalue weighted by Gasteiger charge is -2.02. The summed E-state index contributed by atoms with van der Waals surface area (Å²) in [6.45, 7) is 3.32. The van der Waals surface area contributed by atoms with Crippen molar-refractivity contribution in [3.05, 3.63) is 58.6 Å². The highest BCUT2D eigenvalue weighted by Crippen LogP contribution is 2.24. The van der Waals surface area contributed by atoms with Crippen molar-refractivity contribution in [2.75, 3.05) is 0 Å². The molecular weight excluding hydrogens is 334 g/mol. The highest BCUT2D eigenvalue weighted by Gasteiger charge is 2.16. The van der Waals surface area contributed by atoms with Gasteiger partial charge in [0.25, 0.3) is 0 Å². The van der Waals surface area contributed by atoms with E-state index < -0.39 is 17.6 Å². The van der Waals surface area contributed by atoms with Gasteiger partial charge in [-0.3, -0.25) is 4.79 Å². The smallest absolute Gasteiger partial charge is 0.310 e. The number of benzene rings is 1. The van der Waals surface area contributed by atoms with E-state index in [2.05, 4.69) is 10.3 Å². The Balaban J connectivity index is 1.63. The van der Waals surface area contributed by atoms with Gasteiger partial charge < -0.3 is 13.8 Å². The highest BCUT2D eigenvalue weighted by atomic mass is 19.1. The molecule has 0 aliphatic heterocycles. The topological polar surface area (TPSA) is 78.4 Å². The number of carbonyl (C=O) groups excluding carboxylic acids is 1. The van der Waals surface area contributed by atoms with Crippen LogP contribution in [0.3, 0.4) is 0 Å². The summed E-state index contributed by atoms with van der Waals surface area (Å²) < 4.78 is 41.8. The van der Waals surface area contributed by atoms with Gasteiger partial charge in [-0.1, -0.05) is 10.3 Å². The summed E-state index contributed by atoms with van der Waals surface area (Å²) in [4.78, 5) is 11.9. The van der Waals surface area contributed by atoms with Crippen LogP contribution < -0.4 is 0 Å². The predicted octanol–water partition coefficient (Wildman–Crippen LogP) is 3.51. The van der Waals surface area contributed by atoms with Crippen molar-refractivity contribution in [3.8, 4) is 11.3 Å². The number of esters is 1. The zero-order valence-corrected chi connectivity index (χ0v) is 13.5. The van der Waals surface area contributed by atoms with Crippen LogP contribution in [0.25, 0.3) is 11.3 Å². The minimum absolute atomic E-state index is 0.0263. The lowest BCUT2D eigenvalue weighted by molar-refractivity contribution is -0.144. The third kappa shape index (κ3) is 3.73. The number of rotatable bonds is 5. The molecule has 6 nitrogen and oxygen atoms in total. The molecule has 0 saturated heterocycles. The number of aryl methyl sites for hydroxylation is 2. The van der Waals surface area contributed by atoms with Crippen molar-refractivity contribution in [1.82, 2.24) is 10.3 Å². The predicted molar refractivity (Wildman–Crippen MR) is 81.3 cm³/mol. The van der Waals surface area contributed by atoms with Crippen LogP contribution in [-0.4, -0.2) is 16.3 Å². The second-order valence-corrected chi connectivity index (χ2v) is 5.45. The average molecular weight is 348 g/mol. The van der Waals surface area contributed by atoms with E-state index in [-0.39, 0.29) is 24.4 Å². The van der Waals surface area contributed by atoms with Crippen LogP contribution in [0.2, 0.25) is 0 Å². The summed E-state index contributed by atoms with van der Waals surface area (Å²) in [6, 6.07) is 4.54. The van der Waals surface area contributed by atoms with E-state index in [1.807, 2.05) is 0 Å². The Labute approximate surface area is 141 Å². The first-order valence-electron chi connectivity index (χ1n) is 7.42. The monoisotopic (exact) mass is 348 g/mol. The number of carbonyl (C=O) groups is 1. The van der Waals surface area contributed by atoms with Gasteiger partial charge in [-0.25, -0.2) is 8.78 Å². The molecule has 8 heteroatoms. The second-order valence-electron chi connectivity index (χ2n) is 5.45. The number of hydrogen-bond acceptors (Lipinski definition) is 6. The lowest BCUT2D eigenvalue weighted by atomic mass is 10.1. The molecule has 1 aromatic carbocycles. The van der Waals surface area contributed by atoms with Crippen LogP contribution >= 0.6 is 0 Å². The molecule has 0 bridgehead atoms. The van der Waals surface area contributed by atoms with Gasteiger partial charge in [0.2, 0.25) is 0 Å². The molecule has 0 saturated carbocycles. The molecule has 3 aromatic rings. The number of hydrogen-bond donors (Lipinski definition) is 0. The zero-order valence-electron chi connectivity index (χ0n) is 13.5. The molecule has 0 aliphatic rings. The SMILES string of the molecule is Cc1noc(C)c1CC(=O)OCc1cc(-c2ccc(F)cc2F)on1. The Bertz CT molecular complexity index is 898. The molecule has 3 rings (SSSR count). The zero-order chi connectivity index (χ0) is 18.0. The van der Waals surface area contributed by atoms with E-state index in [9.17, 15) is 13.6 Å². The molecular formula is C17H14F2N2O4. The van der Waals surface area contributed by atoms with E-state index in [4.69, 9.17) is 13.8 Å². The molecule has 0 spiro atoms. The molecule has 0 amide bonds. The molecule has 2 aromatic heterocycles. The van der Waals surface area contributed by atoms with Crippen LogP contribution in [-0.2, 0) is 22.6 Å². The van der Waals surface area contributed by atoms with Gasteiger partial charge in [0.15, 0.2) is 5.76 Å². The summed E-state index contributed by atoms with van der Waals surface area (Å²) in [6.07, 6.45) is 0.0263. The Morgan fingerprint density at radius 1 is 1.16 bits per heavy atom. The molecule has 0 fully saturated rings. The van der Waals surface area contributed by atoms with E-state index in [1.165, 1.54) is 12.1 Å². The Hall–Kier alpha value is -3.03. The van der Waals surface area contributed by atoms with Crippen LogP contribution in [0.5, 0.6) is 0 Å². The molecule has 0 atom stereocenters. The van der Waals surface area contributed by atoms with E-state index in [0.717, 1.165) is 12.1 Å². The summed E-state index contributed by atoms with van der Waals surface area (Å²) in [7, 11) is 0. The standard InChI is InChI=1S/C17H14F2N2O4/c1-9-14(10(2)24-20-9)7-17(22)23-8-12-6-16(25-21-12)13-4-3-11(18)5-15(13)19/h3-6H,7-8H2,1-2H3. The van der Waals surface area contributed by atoms with Crippen LogP contribution in [0, 0.1) is 25.5 Å². The fraction of sp³-hybridized carbons (Fsp3) is 0.235. The molecule has 0 N–H and O–H groups in total. The summed E-state index contributed by atoms with van der Waals surface area (Å²) in [5, 5.41) is 7.48. The Morgan fingerprint density at radius 2 is 1.96 bits per heavy atom. The van der Waals surface area contributed by atoms with Gasteiger partial charge in [0.05, 0.1) is 17.7 Å². The fourth-order valence-electron chi connectivity index (χ4n) is 2.30. The van der Waals surface area contributed by atoms with Gasteiger partial charge in [-0.15, -0.1) is 0 Å². The van der Waals surface area contributed by atoms with Crippen molar-refractivity contribution in [3.63, 3.8) is 0 Å². The van der Waals surface area contributed by atoms with Crippen LogP contribution in [0.1, 0.15) is 22.7 Å². The van der Waals surface area contributed by atoms with Gasteiger partial charge in [-0.2, -0.15) is 0 Å². The molecule has 130 valence electrons. The molecule has 2 heterocycles. The highest BCUT2D eigenvalue weighted by molar-refractivity contribution is 5.73. The summed E-state index contributed by atoms with van der Waals surface area (Å²) >= 11 is 0. The van der Waals surface area contributed by atoms with Crippen LogP contribution in [0.4, 0.5) is 8.78 Å². The maximum Gasteiger partial charge on any atom is 0.310 e. The third-order valence-electron chi connectivity index (χ3n) is 3.64. The molecule has 0 radical (unpaired) electrons. The lowest BCUT2D eigenvalue weighted by Crippen LogP contribution is -2.09. The van der Waals surface area contributed by atoms with Gasteiger partial charge in [0.1, 0.15) is 29.7 Å². The number of halogens is 2. The van der Waals surface area contributed by atoms with E-state index >= 15 is 0 Å². The van der Waals surface area contributed by atoms with Crippen molar-refractivity contribution >= 4 is 5.97 Å². The minimum Gasteiger partial charge on any atom is -0.459 e. The fourth-order valence-corrected chi connectivity index (χ4v) is 2.30. The normalized spacial score (nSPS) is 10.9. The number of aromatic nitrogens is 2. The molecule has 0 aliphatic carbocycles. The average Bonchev–Trinajstić information content (AvgIpc) is 3.15. The summed E-state index contributed by atoms with van der Waals surface area (Å²) in [5.41, 5.74) is 1.69. The first-order chi connectivity index (χ1) is 11.9. The van der Waals surface area contributed by atoms with Crippen molar-refractivity contribution < 1.29 is 27.4 Å². The minimum atomic E-state index is -0.766. The summed E-state index contributed by atoms with van der Waals surface area (Å²) in [5.74, 6) is -1.25. The van der Waals surface area contributed by atoms with Gasteiger partial charge in [-0.05, 0) is 26.0 Å². The first-order valence-corrected chi connectivity index (χ1v) is 7.42. The van der Waals surface area contributed by atoms with E-state index in [1.54, 1.807) is 13.8 Å². The Morgan fingerprint density at radius 3 is 2.64 bits per heavy atom. The first kappa shape index (κ1) is 16.8. The van der Waals surface area contributed by atoms with Gasteiger partial charge in [0, 0.05) is 17.7 Å². The second kappa shape index (κ2) is 6.84.